The Labute approximate surface area is 126 Å². The summed E-state index contributed by atoms with van der Waals surface area (Å²) < 4.78 is 0. The molecule has 2 aromatic carbocycles. The number of aromatic carboxylic acids is 1. The van der Waals surface area contributed by atoms with E-state index in [0.717, 1.165) is 10.6 Å². The molecule has 0 atom stereocenters. The van der Waals surface area contributed by atoms with Gasteiger partial charge >= 0.3 is 5.97 Å². The molecule has 3 rings (SSSR count). The van der Waals surface area contributed by atoms with Crippen LogP contribution in [0.2, 0.25) is 0 Å². The van der Waals surface area contributed by atoms with Gasteiger partial charge in [-0.05, 0) is 30.2 Å². The highest BCUT2D eigenvalue weighted by Gasteiger charge is 2.29. The molecule has 1 aromatic heterocycles. The van der Waals surface area contributed by atoms with E-state index < -0.39 is 5.97 Å². The molecule has 0 saturated heterocycles. The summed E-state index contributed by atoms with van der Waals surface area (Å²) in [6.45, 7) is 4.17. The van der Waals surface area contributed by atoms with Gasteiger partial charge in [-0.25, -0.2) is 9.78 Å². The number of hydrogen-bond acceptors (Lipinski definition) is 3. The van der Waals surface area contributed by atoms with Crippen LogP contribution in [0.25, 0.3) is 10.8 Å². The maximum Gasteiger partial charge on any atom is 0.355 e. The zero-order valence-electron chi connectivity index (χ0n) is 11.8. The molecule has 106 valence electrons. The monoisotopic (exact) mass is 297 g/mol. The van der Waals surface area contributed by atoms with Crippen molar-refractivity contribution >= 4 is 28.1 Å². The maximum absolute atomic E-state index is 11.0. The second kappa shape index (κ2) is 4.97. The molecule has 0 unspecified atom stereocenters. The molecule has 0 spiro atoms. The van der Waals surface area contributed by atoms with Gasteiger partial charge in [0, 0.05) is 10.8 Å². The van der Waals surface area contributed by atoms with Crippen LogP contribution in [0.15, 0.2) is 47.8 Å². The van der Waals surface area contributed by atoms with Crippen LogP contribution >= 0.6 is 11.3 Å². The lowest BCUT2D eigenvalue weighted by Crippen LogP contribution is -2.19. The summed E-state index contributed by atoms with van der Waals surface area (Å²) in [5, 5.41) is 13.8. The highest BCUT2D eigenvalue weighted by Crippen LogP contribution is 2.37. The van der Waals surface area contributed by atoms with E-state index in [1.807, 2.05) is 18.2 Å². The molecule has 0 bridgehead atoms. The highest BCUT2D eigenvalue weighted by molar-refractivity contribution is 7.10. The molecule has 0 amide bonds. The molecule has 3 aromatic rings. The predicted molar refractivity (Wildman–Crippen MR) is 85.1 cm³/mol. The van der Waals surface area contributed by atoms with Gasteiger partial charge in [-0.1, -0.05) is 42.5 Å². The summed E-state index contributed by atoms with van der Waals surface area (Å²) in [6, 6.07) is 14.4. The van der Waals surface area contributed by atoms with E-state index in [2.05, 4.69) is 43.1 Å². The van der Waals surface area contributed by atoms with Gasteiger partial charge in [0.25, 0.3) is 0 Å². The van der Waals surface area contributed by atoms with E-state index in [0.29, 0.717) is 0 Å². The van der Waals surface area contributed by atoms with Crippen LogP contribution in [0, 0.1) is 0 Å². The second-order valence-corrected chi connectivity index (χ2v) is 6.35. The van der Waals surface area contributed by atoms with Gasteiger partial charge in [0.15, 0.2) is 5.69 Å². The highest BCUT2D eigenvalue weighted by atomic mass is 32.1. The van der Waals surface area contributed by atoms with Gasteiger partial charge in [0.05, 0.1) is 0 Å². The molecule has 0 aliphatic carbocycles. The van der Waals surface area contributed by atoms with Crippen LogP contribution in [0.4, 0.5) is 0 Å². The standard InChI is InChI=1S/C17H15NO2S/c1-17(2,16-18-14(10-21-16)15(19)20)13-9-5-7-11-6-3-4-8-12(11)13/h3-10H,1-2H3,(H,19,20). The Balaban J connectivity index is 2.17. The van der Waals surface area contributed by atoms with Crippen molar-refractivity contribution in [2.24, 2.45) is 0 Å². The van der Waals surface area contributed by atoms with Crippen LogP contribution in [0.5, 0.6) is 0 Å². The minimum absolute atomic E-state index is 0.114. The molecule has 0 fully saturated rings. The van der Waals surface area contributed by atoms with Crippen molar-refractivity contribution in [1.82, 2.24) is 4.98 Å². The van der Waals surface area contributed by atoms with Crippen molar-refractivity contribution in [3.05, 3.63) is 64.1 Å². The van der Waals surface area contributed by atoms with Gasteiger partial charge in [-0.2, -0.15) is 0 Å². The lowest BCUT2D eigenvalue weighted by Gasteiger charge is -2.24. The van der Waals surface area contributed by atoms with Crippen LogP contribution in [-0.2, 0) is 5.41 Å². The largest absolute Gasteiger partial charge is 0.476 e. The number of rotatable bonds is 3. The Morgan fingerprint density at radius 2 is 1.86 bits per heavy atom. The summed E-state index contributed by atoms with van der Waals surface area (Å²) in [5.74, 6) is -0.980. The van der Waals surface area contributed by atoms with Gasteiger partial charge < -0.3 is 5.11 Å². The number of carbonyl (C=O) groups is 1. The third-order valence-electron chi connectivity index (χ3n) is 3.72. The van der Waals surface area contributed by atoms with Gasteiger partial charge in [-0.15, -0.1) is 11.3 Å². The fourth-order valence-electron chi connectivity index (χ4n) is 2.54. The van der Waals surface area contributed by atoms with E-state index in [1.165, 1.54) is 22.1 Å². The number of hydrogen-bond donors (Lipinski definition) is 1. The van der Waals surface area contributed by atoms with Crippen molar-refractivity contribution in [3.63, 3.8) is 0 Å². The molecule has 1 N–H and O–H groups in total. The second-order valence-electron chi connectivity index (χ2n) is 5.49. The number of thiazole rings is 1. The van der Waals surface area contributed by atoms with Crippen molar-refractivity contribution in [1.29, 1.82) is 0 Å². The molecule has 4 heteroatoms. The topological polar surface area (TPSA) is 50.2 Å². The third kappa shape index (κ3) is 2.32. The SMILES string of the molecule is CC(C)(c1nc(C(=O)O)cs1)c1cccc2ccccc12. The Morgan fingerprint density at radius 1 is 1.14 bits per heavy atom. The fourth-order valence-corrected chi connectivity index (χ4v) is 3.48. The normalized spacial score (nSPS) is 11.7. The van der Waals surface area contributed by atoms with E-state index in [1.54, 1.807) is 5.38 Å². The van der Waals surface area contributed by atoms with E-state index in [9.17, 15) is 4.79 Å². The Kier molecular flexibility index (Phi) is 3.26. The third-order valence-corrected chi connectivity index (χ3v) is 4.89. The predicted octanol–water partition coefficient (Wildman–Crippen LogP) is 4.32. The number of fused-ring (bicyclic) bond motifs is 1. The molecular formula is C17H15NO2S. The van der Waals surface area contributed by atoms with E-state index in [-0.39, 0.29) is 11.1 Å². The number of carboxylic acid groups (broad SMARTS) is 1. The number of nitrogens with zero attached hydrogens (tertiary/aromatic N) is 1. The summed E-state index contributed by atoms with van der Waals surface area (Å²) in [4.78, 5) is 15.3. The van der Waals surface area contributed by atoms with E-state index >= 15 is 0 Å². The zero-order valence-corrected chi connectivity index (χ0v) is 12.6. The number of benzene rings is 2. The first kappa shape index (κ1) is 13.8. The van der Waals surface area contributed by atoms with Gasteiger partial charge in [0.2, 0.25) is 0 Å². The van der Waals surface area contributed by atoms with Crippen LogP contribution < -0.4 is 0 Å². The Bertz CT molecular complexity index is 815. The van der Waals surface area contributed by atoms with Crippen LogP contribution in [0.1, 0.15) is 34.9 Å². The first-order valence-electron chi connectivity index (χ1n) is 6.67. The lowest BCUT2D eigenvalue weighted by atomic mass is 9.82. The fraction of sp³-hybridized carbons (Fsp3) is 0.176. The van der Waals surface area contributed by atoms with Crippen LogP contribution in [-0.4, -0.2) is 16.1 Å². The summed E-state index contributed by atoms with van der Waals surface area (Å²) in [5.41, 5.74) is 0.939. The minimum Gasteiger partial charge on any atom is -0.476 e. The first-order chi connectivity index (χ1) is 10.00. The Morgan fingerprint density at radius 3 is 2.57 bits per heavy atom. The lowest BCUT2D eigenvalue weighted by molar-refractivity contribution is 0.0691. The molecular weight excluding hydrogens is 282 g/mol. The summed E-state index contributed by atoms with van der Waals surface area (Å²) in [6.07, 6.45) is 0. The molecule has 21 heavy (non-hydrogen) atoms. The molecule has 0 aliphatic rings. The van der Waals surface area contributed by atoms with Crippen LogP contribution in [0.3, 0.4) is 0 Å². The Hall–Kier alpha value is -2.20. The van der Waals surface area contributed by atoms with Gasteiger partial charge in [0.1, 0.15) is 5.01 Å². The number of carboxylic acids is 1. The van der Waals surface area contributed by atoms with Crippen molar-refractivity contribution in [2.75, 3.05) is 0 Å². The molecule has 0 saturated carbocycles. The average molecular weight is 297 g/mol. The molecule has 0 aliphatic heterocycles. The van der Waals surface area contributed by atoms with Crippen molar-refractivity contribution in [3.8, 4) is 0 Å². The molecule has 0 radical (unpaired) electrons. The summed E-state index contributed by atoms with van der Waals surface area (Å²) >= 11 is 1.40. The van der Waals surface area contributed by atoms with Crippen molar-refractivity contribution in [2.45, 2.75) is 19.3 Å². The van der Waals surface area contributed by atoms with Gasteiger partial charge in [-0.3, -0.25) is 0 Å². The first-order valence-corrected chi connectivity index (χ1v) is 7.55. The average Bonchev–Trinajstić information content (AvgIpc) is 2.97. The maximum atomic E-state index is 11.0. The number of aromatic nitrogens is 1. The zero-order chi connectivity index (χ0) is 15.0. The summed E-state index contributed by atoms with van der Waals surface area (Å²) in [7, 11) is 0. The smallest absolute Gasteiger partial charge is 0.355 e. The molecule has 1 heterocycles. The quantitative estimate of drug-likeness (QED) is 0.783. The van der Waals surface area contributed by atoms with E-state index in [4.69, 9.17) is 5.11 Å². The minimum atomic E-state index is -0.980. The van der Waals surface area contributed by atoms with Crippen molar-refractivity contribution < 1.29 is 9.90 Å². The molecule has 3 nitrogen and oxygen atoms in total.